The molecular weight excluding hydrogens is 404 g/mol. The Bertz CT molecular complexity index is 1250. The predicted octanol–water partition coefficient (Wildman–Crippen LogP) is 6.84. The molecule has 0 saturated carbocycles. The lowest BCUT2D eigenvalue weighted by Gasteiger charge is -2.33. The third kappa shape index (κ3) is 3.89. The largest absolute Gasteiger partial charge is 0.325 e. The number of benzene rings is 3. The molecule has 0 radical (unpaired) electrons. The van der Waals surface area contributed by atoms with Crippen LogP contribution in [0, 0.1) is 0 Å². The van der Waals surface area contributed by atoms with Crippen molar-refractivity contribution in [3.63, 3.8) is 0 Å². The van der Waals surface area contributed by atoms with E-state index in [1.807, 2.05) is 37.3 Å². The van der Waals surface area contributed by atoms with Crippen molar-refractivity contribution in [2.45, 2.75) is 45.2 Å². The number of carbonyl (C=O) groups is 1. The van der Waals surface area contributed by atoms with Crippen molar-refractivity contribution in [2.24, 2.45) is 0 Å². The van der Waals surface area contributed by atoms with Crippen LogP contribution < -0.4 is 0 Å². The average Bonchev–Trinajstić information content (AvgIpc) is 3.28. The first kappa shape index (κ1) is 21.3. The van der Waals surface area contributed by atoms with Gasteiger partial charge in [-0.25, -0.2) is 0 Å². The van der Waals surface area contributed by atoms with E-state index in [1.54, 1.807) is 0 Å². The Kier molecular flexibility index (Phi) is 5.63. The van der Waals surface area contributed by atoms with E-state index in [1.165, 1.54) is 5.56 Å². The van der Waals surface area contributed by atoms with Gasteiger partial charge in [-0.3, -0.25) is 4.79 Å². The van der Waals surface area contributed by atoms with Gasteiger partial charge in [-0.2, -0.15) is 0 Å². The molecule has 3 heteroatoms. The first-order valence-electron chi connectivity index (χ1n) is 11.8. The van der Waals surface area contributed by atoms with E-state index in [2.05, 4.69) is 90.2 Å². The summed E-state index contributed by atoms with van der Waals surface area (Å²) in [7, 11) is 0. The highest BCUT2D eigenvalue weighted by Gasteiger charge is 2.35. The minimum Gasteiger partial charge on any atom is -0.325 e. The van der Waals surface area contributed by atoms with Gasteiger partial charge >= 0.3 is 0 Å². The molecule has 166 valence electrons. The SMILES string of the molecule is CC(C)c1ccc(C2c3cccn3-c3ccccc3CN2C(=O)[C@@H](C)c2ccccc2)cc1. The monoisotopic (exact) mass is 434 g/mol. The second kappa shape index (κ2) is 8.74. The third-order valence-corrected chi connectivity index (χ3v) is 6.84. The van der Waals surface area contributed by atoms with Crippen molar-refractivity contribution in [2.75, 3.05) is 0 Å². The lowest BCUT2D eigenvalue weighted by Crippen LogP contribution is -2.37. The van der Waals surface area contributed by atoms with Crippen molar-refractivity contribution < 1.29 is 4.79 Å². The summed E-state index contributed by atoms with van der Waals surface area (Å²) in [6.07, 6.45) is 2.11. The summed E-state index contributed by atoms with van der Waals surface area (Å²) in [4.78, 5) is 16.1. The van der Waals surface area contributed by atoms with Crippen molar-refractivity contribution in [1.29, 1.82) is 0 Å². The molecule has 2 heterocycles. The maximum atomic E-state index is 14.1. The van der Waals surface area contributed by atoms with E-state index < -0.39 is 0 Å². The minimum atomic E-state index is -0.225. The number of para-hydroxylation sites is 1. The van der Waals surface area contributed by atoms with E-state index in [0.717, 1.165) is 28.1 Å². The molecule has 0 fully saturated rings. The number of hydrogen-bond acceptors (Lipinski definition) is 1. The highest BCUT2D eigenvalue weighted by atomic mass is 16.2. The van der Waals surface area contributed by atoms with Gasteiger partial charge in [0.1, 0.15) is 0 Å². The molecule has 0 saturated heterocycles. The molecule has 0 spiro atoms. The molecule has 4 aromatic rings. The number of rotatable bonds is 4. The lowest BCUT2D eigenvalue weighted by atomic mass is 9.94. The summed E-state index contributed by atoms with van der Waals surface area (Å²) < 4.78 is 2.25. The molecule has 1 aliphatic heterocycles. The molecule has 2 atom stereocenters. The normalized spacial score (nSPS) is 16.1. The Morgan fingerprint density at radius 1 is 0.788 bits per heavy atom. The van der Waals surface area contributed by atoms with E-state index in [-0.39, 0.29) is 17.9 Å². The zero-order chi connectivity index (χ0) is 22.9. The van der Waals surface area contributed by atoms with E-state index in [0.29, 0.717) is 12.5 Å². The van der Waals surface area contributed by atoms with Crippen LogP contribution in [0.5, 0.6) is 0 Å². The average molecular weight is 435 g/mol. The van der Waals surface area contributed by atoms with Gasteiger partial charge in [-0.1, -0.05) is 86.6 Å². The van der Waals surface area contributed by atoms with Crippen molar-refractivity contribution in [3.05, 3.63) is 125 Å². The number of carbonyl (C=O) groups excluding carboxylic acids is 1. The Balaban J connectivity index is 1.65. The van der Waals surface area contributed by atoms with Crippen LogP contribution in [-0.4, -0.2) is 15.4 Å². The second-order valence-corrected chi connectivity index (χ2v) is 9.25. The van der Waals surface area contributed by atoms with Crippen molar-refractivity contribution in [3.8, 4) is 5.69 Å². The van der Waals surface area contributed by atoms with Crippen LogP contribution in [0.3, 0.4) is 0 Å². The standard InChI is InChI=1S/C30H30N2O/c1-21(2)23-15-17-25(18-16-23)29-28-14-9-19-31(28)27-13-8-7-12-26(27)20-32(29)30(33)22(3)24-10-5-4-6-11-24/h4-19,21-22,29H,20H2,1-3H3/t22-,29?/m0/s1. The van der Waals surface area contributed by atoms with Gasteiger partial charge in [0.15, 0.2) is 0 Å². The van der Waals surface area contributed by atoms with Gasteiger partial charge in [0.25, 0.3) is 0 Å². The molecule has 33 heavy (non-hydrogen) atoms. The fourth-order valence-corrected chi connectivity index (χ4v) is 4.90. The topological polar surface area (TPSA) is 25.2 Å². The van der Waals surface area contributed by atoms with E-state index in [4.69, 9.17) is 0 Å². The maximum Gasteiger partial charge on any atom is 0.230 e. The van der Waals surface area contributed by atoms with Gasteiger partial charge in [-0.15, -0.1) is 0 Å². The number of fused-ring (bicyclic) bond motifs is 3. The number of aromatic nitrogens is 1. The highest BCUT2D eigenvalue weighted by molar-refractivity contribution is 5.84. The Morgan fingerprint density at radius 2 is 1.48 bits per heavy atom. The summed E-state index contributed by atoms with van der Waals surface area (Å²) in [5.41, 5.74) is 6.91. The summed E-state index contributed by atoms with van der Waals surface area (Å²) in [5.74, 6) is 0.387. The lowest BCUT2D eigenvalue weighted by molar-refractivity contribution is -0.134. The summed E-state index contributed by atoms with van der Waals surface area (Å²) in [6.45, 7) is 7.01. The van der Waals surface area contributed by atoms with Crippen molar-refractivity contribution in [1.82, 2.24) is 9.47 Å². The van der Waals surface area contributed by atoms with Crippen molar-refractivity contribution >= 4 is 5.91 Å². The minimum absolute atomic E-state index is 0.142. The third-order valence-electron chi connectivity index (χ3n) is 6.84. The van der Waals surface area contributed by atoms with Gasteiger partial charge < -0.3 is 9.47 Å². The fourth-order valence-electron chi connectivity index (χ4n) is 4.90. The second-order valence-electron chi connectivity index (χ2n) is 9.25. The van der Waals surface area contributed by atoms with Gasteiger partial charge in [0.2, 0.25) is 5.91 Å². The van der Waals surface area contributed by atoms with Crippen LogP contribution in [0.1, 0.15) is 66.6 Å². The molecule has 1 unspecified atom stereocenters. The Labute approximate surface area is 196 Å². The number of hydrogen-bond donors (Lipinski definition) is 0. The van der Waals surface area contributed by atoms with E-state index >= 15 is 0 Å². The highest BCUT2D eigenvalue weighted by Crippen LogP contribution is 2.38. The molecular formula is C30H30N2O. The molecule has 1 amide bonds. The summed E-state index contributed by atoms with van der Waals surface area (Å²) >= 11 is 0. The molecule has 1 aliphatic rings. The first-order chi connectivity index (χ1) is 16.0. The molecule has 3 nitrogen and oxygen atoms in total. The molecule has 5 rings (SSSR count). The summed E-state index contributed by atoms with van der Waals surface area (Å²) in [5, 5.41) is 0. The number of amides is 1. The molecule has 0 N–H and O–H groups in total. The maximum absolute atomic E-state index is 14.1. The number of nitrogens with zero attached hydrogens (tertiary/aromatic N) is 2. The molecule has 0 bridgehead atoms. The molecule has 1 aromatic heterocycles. The first-order valence-corrected chi connectivity index (χ1v) is 11.8. The molecule has 3 aromatic carbocycles. The zero-order valence-electron chi connectivity index (χ0n) is 19.5. The fraction of sp³-hybridized carbons (Fsp3) is 0.233. The van der Waals surface area contributed by atoms with Crippen LogP contribution >= 0.6 is 0 Å². The van der Waals surface area contributed by atoms with E-state index in [9.17, 15) is 4.79 Å². The molecule has 0 aliphatic carbocycles. The van der Waals surface area contributed by atoms with Crippen LogP contribution in [0.2, 0.25) is 0 Å². The van der Waals surface area contributed by atoms with Crippen LogP contribution in [-0.2, 0) is 11.3 Å². The predicted molar refractivity (Wildman–Crippen MR) is 134 cm³/mol. The summed E-state index contributed by atoms with van der Waals surface area (Å²) in [6, 6.07) is 31.4. The smallest absolute Gasteiger partial charge is 0.230 e. The van der Waals surface area contributed by atoms with Crippen LogP contribution in [0.15, 0.2) is 97.2 Å². The zero-order valence-corrected chi connectivity index (χ0v) is 19.5. The van der Waals surface area contributed by atoms with Crippen LogP contribution in [0.4, 0.5) is 0 Å². The van der Waals surface area contributed by atoms with Gasteiger partial charge in [0, 0.05) is 18.4 Å². The Morgan fingerprint density at radius 3 is 2.21 bits per heavy atom. The van der Waals surface area contributed by atoms with Gasteiger partial charge in [-0.05, 0) is 53.3 Å². The quantitative estimate of drug-likeness (QED) is 0.345. The van der Waals surface area contributed by atoms with Gasteiger partial charge in [0.05, 0.1) is 17.6 Å². The Hall–Kier alpha value is -3.59. The van der Waals surface area contributed by atoms with Crippen LogP contribution in [0.25, 0.3) is 5.69 Å².